The highest BCUT2D eigenvalue weighted by atomic mass is 28.3. The largest absolute Gasteiger partial charge is 0.456 e. The van der Waals surface area contributed by atoms with Crippen molar-refractivity contribution in [2.24, 2.45) is 0 Å². The first-order valence-electron chi connectivity index (χ1n) is 21.8. The summed E-state index contributed by atoms with van der Waals surface area (Å²) in [5, 5.41) is 9.65. The van der Waals surface area contributed by atoms with Crippen LogP contribution in [0.5, 0.6) is 0 Å². The Labute approximate surface area is 372 Å². The molecule has 2 aromatic heterocycles. The molecule has 0 atom stereocenters. The molecule has 0 bridgehead atoms. The Morgan fingerprint density at radius 3 is 1.45 bits per heavy atom. The fourth-order valence-electron chi connectivity index (χ4n) is 9.88. The molecule has 0 N–H and O–H groups in total. The van der Waals surface area contributed by atoms with Crippen molar-refractivity contribution in [3.63, 3.8) is 0 Å². The third-order valence-electron chi connectivity index (χ3n) is 12.8. The van der Waals surface area contributed by atoms with E-state index in [1.165, 1.54) is 26.3 Å². The Hall–Kier alpha value is -8.18. The monoisotopic (exact) mass is 835 g/mol. The average Bonchev–Trinajstić information content (AvgIpc) is 3.95. The molecule has 64 heavy (non-hydrogen) atoms. The van der Waals surface area contributed by atoms with E-state index in [9.17, 15) is 0 Å². The van der Waals surface area contributed by atoms with Crippen molar-refractivity contribution < 1.29 is 8.83 Å². The Morgan fingerprint density at radius 1 is 0.297 bits per heavy atom. The molecule has 302 valence electrons. The van der Waals surface area contributed by atoms with E-state index in [4.69, 9.17) is 8.83 Å². The lowest BCUT2D eigenvalue weighted by Gasteiger charge is -2.35. The van der Waals surface area contributed by atoms with Gasteiger partial charge in [-0.3, -0.25) is 0 Å². The second-order valence-electron chi connectivity index (χ2n) is 16.4. The third kappa shape index (κ3) is 6.18. The first kappa shape index (κ1) is 37.6. The van der Waals surface area contributed by atoms with Gasteiger partial charge in [-0.25, -0.2) is 0 Å². The molecule has 2 heterocycles. The van der Waals surface area contributed by atoms with Crippen LogP contribution in [0.25, 0.3) is 66.1 Å². The predicted molar refractivity (Wildman–Crippen MR) is 270 cm³/mol. The van der Waals surface area contributed by atoms with Crippen LogP contribution in [-0.4, -0.2) is 8.07 Å². The minimum absolute atomic E-state index is 0.843. The maximum Gasteiger partial charge on any atom is 0.179 e. The third-order valence-corrected chi connectivity index (χ3v) is 17.6. The zero-order valence-corrected chi connectivity index (χ0v) is 35.9. The van der Waals surface area contributed by atoms with Crippen LogP contribution in [-0.2, 0) is 0 Å². The topological polar surface area (TPSA) is 29.5 Å². The molecule has 0 aliphatic rings. The van der Waals surface area contributed by atoms with Crippen LogP contribution in [0.1, 0.15) is 0 Å². The summed E-state index contributed by atoms with van der Waals surface area (Å²) in [4.78, 5) is 2.35. The lowest BCUT2D eigenvalue weighted by Crippen LogP contribution is -2.74. The van der Waals surface area contributed by atoms with Crippen molar-refractivity contribution in [2.45, 2.75) is 0 Å². The molecule has 0 saturated heterocycles. The summed E-state index contributed by atoms with van der Waals surface area (Å²) >= 11 is 0. The predicted octanol–water partition coefficient (Wildman–Crippen LogP) is 13.7. The van der Waals surface area contributed by atoms with Crippen LogP contribution in [0.3, 0.4) is 0 Å². The van der Waals surface area contributed by atoms with Crippen LogP contribution in [0.4, 0.5) is 17.1 Å². The van der Waals surface area contributed by atoms with E-state index >= 15 is 0 Å². The van der Waals surface area contributed by atoms with Gasteiger partial charge in [0, 0.05) is 38.5 Å². The molecular weight excluding hydrogens is 795 g/mol. The smallest absolute Gasteiger partial charge is 0.179 e. The number of fused-ring (bicyclic) bond motifs is 6. The molecule has 0 aliphatic carbocycles. The lowest BCUT2D eigenvalue weighted by atomic mass is 10.0. The first-order chi connectivity index (χ1) is 31.7. The molecule has 3 nitrogen and oxygen atoms in total. The Morgan fingerprint density at radius 2 is 0.781 bits per heavy atom. The Balaban J connectivity index is 1.07. The van der Waals surface area contributed by atoms with Gasteiger partial charge < -0.3 is 13.7 Å². The molecular formula is C60H41NO2Si. The first-order valence-corrected chi connectivity index (χ1v) is 23.8. The number of rotatable bonds is 9. The zero-order valence-electron chi connectivity index (χ0n) is 34.9. The van der Waals surface area contributed by atoms with E-state index in [0.29, 0.717) is 0 Å². The molecule has 0 amide bonds. The molecule has 0 unspecified atom stereocenters. The average molecular weight is 836 g/mol. The molecule has 0 fully saturated rings. The highest BCUT2D eigenvalue weighted by molar-refractivity contribution is 7.20. The van der Waals surface area contributed by atoms with Gasteiger partial charge in [-0.1, -0.05) is 206 Å². The van der Waals surface area contributed by atoms with Crippen molar-refractivity contribution in [2.75, 3.05) is 4.90 Å². The number of nitrogens with zero attached hydrogens (tertiary/aromatic N) is 1. The molecule has 10 aromatic carbocycles. The molecule has 0 aliphatic heterocycles. The Kier molecular flexibility index (Phi) is 9.17. The van der Waals surface area contributed by atoms with Crippen LogP contribution in [0, 0.1) is 0 Å². The minimum Gasteiger partial charge on any atom is -0.456 e. The molecule has 12 aromatic rings. The van der Waals surface area contributed by atoms with Crippen molar-refractivity contribution in [3.8, 4) is 22.3 Å². The van der Waals surface area contributed by atoms with Crippen LogP contribution in [0.2, 0.25) is 0 Å². The number of para-hydroxylation sites is 3. The normalized spacial score (nSPS) is 11.8. The summed E-state index contributed by atoms with van der Waals surface area (Å²) in [6.45, 7) is 0. The highest BCUT2D eigenvalue weighted by Gasteiger charge is 2.42. The summed E-state index contributed by atoms with van der Waals surface area (Å²) in [5.74, 6) is 0. The fourth-order valence-corrected chi connectivity index (χ4v) is 14.6. The summed E-state index contributed by atoms with van der Waals surface area (Å²) in [6.07, 6.45) is 0. The van der Waals surface area contributed by atoms with Crippen molar-refractivity contribution in [1.29, 1.82) is 0 Å². The minimum atomic E-state index is -2.92. The van der Waals surface area contributed by atoms with Gasteiger partial charge in [0.05, 0.1) is 5.69 Å². The van der Waals surface area contributed by atoms with Gasteiger partial charge in [0.25, 0.3) is 0 Å². The quantitative estimate of drug-likeness (QED) is 0.107. The van der Waals surface area contributed by atoms with Crippen molar-refractivity contribution in [1.82, 2.24) is 0 Å². The lowest BCUT2D eigenvalue weighted by molar-refractivity contribution is 0.669. The summed E-state index contributed by atoms with van der Waals surface area (Å²) < 4.78 is 13.4. The van der Waals surface area contributed by atoms with Crippen molar-refractivity contribution >= 4 is 89.8 Å². The van der Waals surface area contributed by atoms with Crippen LogP contribution >= 0.6 is 0 Å². The number of benzene rings is 10. The zero-order chi connectivity index (χ0) is 42.5. The van der Waals surface area contributed by atoms with Gasteiger partial charge >= 0.3 is 0 Å². The van der Waals surface area contributed by atoms with Crippen LogP contribution in [0.15, 0.2) is 258 Å². The van der Waals surface area contributed by atoms with Gasteiger partial charge in [-0.05, 0) is 79.9 Å². The van der Waals surface area contributed by atoms with Gasteiger partial charge in [-0.15, -0.1) is 0 Å². The molecule has 0 saturated carbocycles. The van der Waals surface area contributed by atoms with E-state index < -0.39 is 8.07 Å². The Bertz CT molecular complexity index is 3540. The SMILES string of the molecule is c1ccc(-c2ccc(N(c3ccc([Si](c4ccccc4)(c4ccccc4)c4ccc5oc6ccccc6c5c4)cc3)c3cccc4c3oc3c(-c5ccccc5)cccc34)cc2)cc1. The second kappa shape index (κ2) is 15.6. The molecule has 12 rings (SSSR count). The van der Waals surface area contributed by atoms with Gasteiger partial charge in [0.15, 0.2) is 13.7 Å². The van der Waals surface area contributed by atoms with Gasteiger partial charge in [0.2, 0.25) is 0 Å². The molecule has 4 heteroatoms. The summed E-state index contributed by atoms with van der Waals surface area (Å²) in [5.41, 5.74) is 11.1. The van der Waals surface area contributed by atoms with E-state index in [2.05, 4.69) is 248 Å². The summed E-state index contributed by atoms with van der Waals surface area (Å²) in [6, 6.07) is 89.7. The van der Waals surface area contributed by atoms with E-state index in [1.807, 2.05) is 6.07 Å². The standard InChI is InChI=1S/C60H41NO2Si/c1-5-17-42(18-6-1)43-31-33-45(34-32-43)61(56-29-16-28-54-53-27-15-26-51(59(53)63-60(54)56)44-19-7-2-8-20-44)46-35-37-49(38-36-46)64(47-21-9-3-10-22-47,48-23-11-4-12-24-48)50-39-40-58-55(41-50)52-25-13-14-30-57(52)62-58/h1-41H. The summed E-state index contributed by atoms with van der Waals surface area (Å²) in [7, 11) is -2.92. The second-order valence-corrected chi connectivity index (χ2v) is 20.2. The van der Waals surface area contributed by atoms with Gasteiger partial charge in [0.1, 0.15) is 16.7 Å². The number of hydrogen-bond acceptors (Lipinski definition) is 3. The number of furan rings is 2. The maximum absolute atomic E-state index is 7.05. The van der Waals surface area contributed by atoms with E-state index in [-0.39, 0.29) is 0 Å². The fraction of sp³-hybridized carbons (Fsp3) is 0. The number of anilines is 3. The van der Waals surface area contributed by atoms with Crippen LogP contribution < -0.4 is 25.6 Å². The highest BCUT2D eigenvalue weighted by Crippen LogP contribution is 2.44. The van der Waals surface area contributed by atoms with E-state index in [1.54, 1.807) is 0 Å². The molecule has 0 spiro atoms. The van der Waals surface area contributed by atoms with Gasteiger partial charge in [-0.2, -0.15) is 0 Å². The molecule has 0 radical (unpaired) electrons. The maximum atomic E-state index is 7.05. The van der Waals surface area contributed by atoms with E-state index in [0.717, 1.165) is 77.6 Å². The number of hydrogen-bond donors (Lipinski definition) is 0. The van der Waals surface area contributed by atoms with Crippen molar-refractivity contribution in [3.05, 3.63) is 249 Å².